The zero-order valence-corrected chi connectivity index (χ0v) is 20.2. The Morgan fingerprint density at radius 3 is 2.53 bits per heavy atom. The largest absolute Gasteiger partial charge is 0.293 e. The van der Waals surface area contributed by atoms with Crippen molar-refractivity contribution in [3.05, 3.63) is 76.3 Å². The number of unbranched alkanes of at least 4 members (excludes halogenated alkanes) is 3. The topological polar surface area (TPSA) is 38.1 Å². The van der Waals surface area contributed by atoms with Crippen molar-refractivity contribution in [3.8, 4) is 16.9 Å². The van der Waals surface area contributed by atoms with E-state index in [1.165, 1.54) is 18.2 Å². The maximum absolute atomic E-state index is 13.1. The van der Waals surface area contributed by atoms with Crippen molar-refractivity contribution in [2.75, 3.05) is 6.54 Å². The Morgan fingerprint density at radius 2 is 1.81 bits per heavy atom. The highest BCUT2D eigenvalue weighted by atomic mass is 35.5. The Kier molecular flexibility index (Phi) is 7.45. The van der Waals surface area contributed by atoms with Gasteiger partial charge in [-0.2, -0.15) is 5.10 Å². The van der Waals surface area contributed by atoms with E-state index < -0.39 is 0 Å². The van der Waals surface area contributed by atoms with Crippen molar-refractivity contribution >= 4 is 51.9 Å². The highest BCUT2D eigenvalue weighted by molar-refractivity contribution is 8.26. The summed E-state index contributed by atoms with van der Waals surface area (Å²) in [6.07, 6.45) is 8.27. The van der Waals surface area contributed by atoms with Crippen molar-refractivity contribution in [1.82, 2.24) is 14.7 Å². The fourth-order valence-electron chi connectivity index (χ4n) is 3.57. The van der Waals surface area contributed by atoms with Crippen LogP contribution in [-0.2, 0) is 4.79 Å². The van der Waals surface area contributed by atoms with Gasteiger partial charge in [-0.1, -0.05) is 92.1 Å². The molecule has 2 heterocycles. The van der Waals surface area contributed by atoms with Crippen molar-refractivity contribution in [2.45, 2.75) is 32.6 Å². The zero-order valence-electron chi connectivity index (χ0n) is 17.8. The number of thioether (sulfide) groups is 1. The van der Waals surface area contributed by atoms with E-state index in [1.54, 1.807) is 4.90 Å². The number of aromatic nitrogens is 2. The average molecular weight is 482 g/mol. The number of hydrogen-bond acceptors (Lipinski definition) is 4. The van der Waals surface area contributed by atoms with Gasteiger partial charge in [-0.05, 0) is 36.8 Å². The first-order valence-corrected chi connectivity index (χ1v) is 12.3. The molecule has 164 valence electrons. The number of carbonyl (C=O) groups is 1. The number of benzene rings is 2. The molecule has 3 aromatic rings. The molecule has 0 N–H and O–H groups in total. The molecule has 2 aromatic carbocycles. The molecule has 4 rings (SSSR count). The van der Waals surface area contributed by atoms with Crippen LogP contribution in [0.4, 0.5) is 0 Å². The third-order valence-electron chi connectivity index (χ3n) is 5.28. The highest BCUT2D eigenvalue weighted by Gasteiger charge is 2.32. The predicted octanol–water partition coefficient (Wildman–Crippen LogP) is 6.97. The normalized spacial score (nSPS) is 15.2. The summed E-state index contributed by atoms with van der Waals surface area (Å²) in [5.41, 5.74) is 3.54. The van der Waals surface area contributed by atoms with Gasteiger partial charge >= 0.3 is 0 Å². The monoisotopic (exact) mass is 481 g/mol. The average Bonchev–Trinajstić information content (AvgIpc) is 3.34. The van der Waals surface area contributed by atoms with Gasteiger partial charge < -0.3 is 0 Å². The van der Waals surface area contributed by atoms with Crippen molar-refractivity contribution in [3.63, 3.8) is 0 Å². The first kappa shape index (κ1) is 22.8. The van der Waals surface area contributed by atoms with Crippen LogP contribution >= 0.6 is 35.6 Å². The lowest BCUT2D eigenvalue weighted by molar-refractivity contribution is -0.122. The van der Waals surface area contributed by atoms with Crippen LogP contribution in [0.1, 0.15) is 38.2 Å². The second-order valence-electron chi connectivity index (χ2n) is 7.61. The number of amides is 1. The molecule has 0 saturated carbocycles. The molecular weight excluding hydrogens is 458 g/mol. The molecule has 7 heteroatoms. The minimum Gasteiger partial charge on any atom is -0.293 e. The summed E-state index contributed by atoms with van der Waals surface area (Å²) in [6, 6.07) is 17.5. The summed E-state index contributed by atoms with van der Waals surface area (Å²) >= 11 is 13.0. The molecular formula is C25H24ClN3OS2. The van der Waals surface area contributed by atoms with Crippen LogP contribution < -0.4 is 0 Å². The number of carbonyl (C=O) groups excluding carboxylic acids is 1. The zero-order chi connectivity index (χ0) is 22.5. The second-order valence-corrected chi connectivity index (χ2v) is 9.73. The molecule has 0 atom stereocenters. The van der Waals surface area contributed by atoms with E-state index >= 15 is 0 Å². The van der Waals surface area contributed by atoms with Crippen LogP contribution in [0.5, 0.6) is 0 Å². The Hall–Kier alpha value is -2.41. The van der Waals surface area contributed by atoms with Crippen LogP contribution in [0.2, 0.25) is 5.02 Å². The number of thiocarbonyl (C=S) groups is 1. The van der Waals surface area contributed by atoms with Gasteiger partial charge in [0.05, 0.1) is 16.3 Å². The lowest BCUT2D eigenvalue weighted by Gasteiger charge is -2.13. The van der Waals surface area contributed by atoms with Crippen molar-refractivity contribution in [1.29, 1.82) is 0 Å². The Bertz CT molecular complexity index is 1140. The van der Waals surface area contributed by atoms with Gasteiger partial charge in [-0.25, -0.2) is 4.68 Å². The molecule has 0 radical (unpaired) electrons. The van der Waals surface area contributed by atoms with E-state index in [1.807, 2.05) is 71.6 Å². The first-order chi connectivity index (χ1) is 15.6. The quantitative estimate of drug-likeness (QED) is 0.198. The van der Waals surface area contributed by atoms with Crippen LogP contribution in [0.15, 0.2) is 65.7 Å². The van der Waals surface area contributed by atoms with Gasteiger partial charge in [0, 0.05) is 28.9 Å². The van der Waals surface area contributed by atoms with Crippen LogP contribution in [0.25, 0.3) is 23.0 Å². The van der Waals surface area contributed by atoms with E-state index in [-0.39, 0.29) is 5.91 Å². The van der Waals surface area contributed by atoms with Gasteiger partial charge in [-0.3, -0.25) is 9.69 Å². The first-order valence-electron chi connectivity index (χ1n) is 10.7. The van der Waals surface area contributed by atoms with E-state index in [9.17, 15) is 4.79 Å². The maximum atomic E-state index is 13.1. The highest BCUT2D eigenvalue weighted by Crippen LogP contribution is 2.35. The van der Waals surface area contributed by atoms with Gasteiger partial charge in [-0.15, -0.1) is 0 Å². The molecule has 1 saturated heterocycles. The molecule has 0 unspecified atom stereocenters. The molecule has 1 fully saturated rings. The molecule has 1 aliphatic heterocycles. The SMILES string of the molecule is CCCCCCN1C(=O)C(=Cc2cn(-c3ccccc3)nc2-c2ccc(Cl)cc2)SC1=S. The lowest BCUT2D eigenvalue weighted by Crippen LogP contribution is -2.29. The molecule has 32 heavy (non-hydrogen) atoms. The predicted molar refractivity (Wildman–Crippen MR) is 138 cm³/mol. The summed E-state index contributed by atoms with van der Waals surface area (Å²) < 4.78 is 2.46. The minimum absolute atomic E-state index is 0.0222. The fraction of sp³-hybridized carbons (Fsp3) is 0.240. The molecule has 4 nitrogen and oxygen atoms in total. The van der Waals surface area contributed by atoms with Crippen molar-refractivity contribution in [2.24, 2.45) is 0 Å². The summed E-state index contributed by atoms with van der Waals surface area (Å²) in [5, 5.41) is 5.49. The molecule has 1 aliphatic rings. The van der Waals surface area contributed by atoms with Crippen LogP contribution in [0, 0.1) is 0 Å². The maximum Gasteiger partial charge on any atom is 0.266 e. The van der Waals surface area contributed by atoms with E-state index in [4.69, 9.17) is 28.9 Å². The number of nitrogens with zero attached hydrogens (tertiary/aromatic N) is 3. The Labute approximate surface area is 203 Å². The summed E-state index contributed by atoms with van der Waals surface area (Å²) in [7, 11) is 0. The molecule has 1 aromatic heterocycles. The number of rotatable bonds is 8. The third kappa shape index (κ3) is 5.14. The van der Waals surface area contributed by atoms with Crippen LogP contribution in [-0.4, -0.2) is 31.5 Å². The number of halogens is 1. The number of hydrogen-bond donors (Lipinski definition) is 0. The Balaban J connectivity index is 1.67. The van der Waals surface area contributed by atoms with E-state index in [2.05, 4.69) is 6.92 Å². The fourth-order valence-corrected chi connectivity index (χ4v) is 4.99. The lowest BCUT2D eigenvalue weighted by atomic mass is 10.1. The van der Waals surface area contributed by atoms with Crippen LogP contribution in [0.3, 0.4) is 0 Å². The summed E-state index contributed by atoms with van der Waals surface area (Å²) in [6.45, 7) is 2.85. The van der Waals surface area contributed by atoms with Crippen molar-refractivity contribution < 1.29 is 4.79 Å². The second kappa shape index (κ2) is 10.5. The standard InChI is InChI=1S/C25H24ClN3OS2/c1-2-3-4-8-15-28-24(30)22(32-25(28)31)16-19-17-29(21-9-6-5-7-10-21)27-23(19)18-11-13-20(26)14-12-18/h5-7,9-14,16-17H,2-4,8,15H2,1H3. The molecule has 1 amide bonds. The summed E-state index contributed by atoms with van der Waals surface area (Å²) in [4.78, 5) is 15.4. The van der Waals surface area contributed by atoms with E-state index in [0.29, 0.717) is 20.8 Å². The smallest absolute Gasteiger partial charge is 0.266 e. The number of para-hydroxylation sites is 1. The van der Waals surface area contributed by atoms with E-state index in [0.717, 1.165) is 41.8 Å². The third-order valence-corrected chi connectivity index (χ3v) is 6.91. The van der Waals surface area contributed by atoms with Gasteiger partial charge in [0.2, 0.25) is 0 Å². The van der Waals surface area contributed by atoms with Gasteiger partial charge in [0.25, 0.3) is 5.91 Å². The Morgan fingerprint density at radius 1 is 1.06 bits per heavy atom. The molecule has 0 aliphatic carbocycles. The molecule has 0 bridgehead atoms. The van der Waals surface area contributed by atoms with Gasteiger partial charge in [0.1, 0.15) is 4.32 Å². The molecule has 0 spiro atoms. The summed E-state index contributed by atoms with van der Waals surface area (Å²) in [5.74, 6) is -0.0222. The minimum atomic E-state index is -0.0222. The van der Waals surface area contributed by atoms with Gasteiger partial charge in [0.15, 0.2) is 0 Å².